The molecule has 1 aliphatic heterocycles. The lowest BCUT2D eigenvalue weighted by molar-refractivity contribution is 0.185. The number of fused-ring (bicyclic) bond motifs is 1. The number of para-hydroxylation sites is 1. The van der Waals surface area contributed by atoms with Crippen molar-refractivity contribution in [2.24, 2.45) is 10.7 Å². The zero-order chi connectivity index (χ0) is 18.4. The van der Waals surface area contributed by atoms with E-state index in [1.54, 1.807) is 7.11 Å². The zero-order valence-corrected chi connectivity index (χ0v) is 15.4. The van der Waals surface area contributed by atoms with Crippen LogP contribution in [-0.4, -0.2) is 26.3 Å². The highest BCUT2D eigenvalue weighted by Gasteiger charge is 2.15. The van der Waals surface area contributed by atoms with Gasteiger partial charge in [0.15, 0.2) is 17.5 Å². The van der Waals surface area contributed by atoms with Crippen LogP contribution in [0.3, 0.4) is 0 Å². The summed E-state index contributed by atoms with van der Waals surface area (Å²) >= 11 is 6.31. The first-order valence-electron chi connectivity index (χ1n) is 8.39. The van der Waals surface area contributed by atoms with Gasteiger partial charge in [-0.1, -0.05) is 29.8 Å². The van der Waals surface area contributed by atoms with E-state index in [2.05, 4.69) is 10.3 Å². The van der Waals surface area contributed by atoms with Crippen molar-refractivity contribution in [2.75, 3.05) is 25.6 Å². The van der Waals surface area contributed by atoms with Crippen molar-refractivity contribution in [3.63, 3.8) is 0 Å². The lowest BCUT2D eigenvalue weighted by Gasteiger charge is -2.12. The molecule has 0 unspecified atom stereocenters. The summed E-state index contributed by atoms with van der Waals surface area (Å²) in [5.41, 5.74) is 8.80. The second-order valence-electron chi connectivity index (χ2n) is 5.87. The number of anilines is 1. The van der Waals surface area contributed by atoms with E-state index in [0.717, 1.165) is 23.2 Å². The molecule has 0 saturated heterocycles. The molecule has 0 bridgehead atoms. The maximum atomic E-state index is 6.31. The van der Waals surface area contributed by atoms with Gasteiger partial charge in [0.25, 0.3) is 0 Å². The Morgan fingerprint density at radius 2 is 2.08 bits per heavy atom. The van der Waals surface area contributed by atoms with E-state index in [1.807, 2.05) is 36.4 Å². The molecule has 0 fully saturated rings. The lowest BCUT2D eigenvalue weighted by atomic mass is 10.2. The Labute approximate surface area is 157 Å². The van der Waals surface area contributed by atoms with E-state index >= 15 is 0 Å². The number of halogens is 1. The molecule has 0 amide bonds. The standard InChI is InChI=1S/C19H22ClN3O3/c1-24-12-14-5-2-3-6-16(14)23-19(21)22-11-13-9-15(20)18-17(10-13)25-7-4-8-26-18/h2-3,5-6,9-10H,4,7-8,11-12H2,1H3,(H3,21,22,23). The van der Waals surface area contributed by atoms with E-state index < -0.39 is 0 Å². The van der Waals surface area contributed by atoms with Gasteiger partial charge < -0.3 is 25.3 Å². The fourth-order valence-electron chi connectivity index (χ4n) is 2.65. The van der Waals surface area contributed by atoms with Crippen LogP contribution in [0.25, 0.3) is 0 Å². The van der Waals surface area contributed by atoms with E-state index in [1.165, 1.54) is 0 Å². The highest BCUT2D eigenvalue weighted by Crippen LogP contribution is 2.38. The van der Waals surface area contributed by atoms with Crippen LogP contribution in [0.1, 0.15) is 17.5 Å². The van der Waals surface area contributed by atoms with E-state index in [9.17, 15) is 0 Å². The van der Waals surface area contributed by atoms with Crippen molar-refractivity contribution in [3.05, 3.63) is 52.5 Å². The van der Waals surface area contributed by atoms with Crippen LogP contribution in [0.15, 0.2) is 41.4 Å². The maximum Gasteiger partial charge on any atom is 0.193 e. The summed E-state index contributed by atoms with van der Waals surface area (Å²) in [5.74, 6) is 1.56. The van der Waals surface area contributed by atoms with Crippen LogP contribution >= 0.6 is 11.6 Å². The molecule has 0 radical (unpaired) electrons. The summed E-state index contributed by atoms with van der Waals surface area (Å²) in [4.78, 5) is 4.39. The first-order valence-corrected chi connectivity index (χ1v) is 8.77. The Morgan fingerprint density at radius 3 is 2.92 bits per heavy atom. The van der Waals surface area contributed by atoms with Gasteiger partial charge in [0.05, 0.1) is 31.4 Å². The number of methoxy groups -OCH3 is 1. The molecule has 3 rings (SSSR count). The predicted octanol–water partition coefficient (Wildman–Crippen LogP) is 3.57. The minimum absolute atomic E-state index is 0.316. The molecule has 0 spiro atoms. The van der Waals surface area contributed by atoms with Crippen molar-refractivity contribution in [1.29, 1.82) is 0 Å². The Hall–Kier alpha value is -2.44. The van der Waals surface area contributed by atoms with Crippen molar-refractivity contribution >= 4 is 23.2 Å². The Bertz CT molecular complexity index is 796. The third kappa shape index (κ3) is 4.59. The second-order valence-corrected chi connectivity index (χ2v) is 6.28. The molecule has 7 heteroatoms. The van der Waals surface area contributed by atoms with Gasteiger partial charge in [0, 0.05) is 24.8 Å². The van der Waals surface area contributed by atoms with Crippen molar-refractivity contribution in [1.82, 2.24) is 0 Å². The topological polar surface area (TPSA) is 78.1 Å². The van der Waals surface area contributed by atoms with Crippen molar-refractivity contribution < 1.29 is 14.2 Å². The van der Waals surface area contributed by atoms with Gasteiger partial charge in [-0.05, 0) is 23.8 Å². The van der Waals surface area contributed by atoms with E-state index in [-0.39, 0.29) is 0 Å². The minimum atomic E-state index is 0.316. The Kier molecular flexibility index (Phi) is 6.20. The van der Waals surface area contributed by atoms with E-state index in [0.29, 0.717) is 48.8 Å². The third-order valence-corrected chi connectivity index (χ3v) is 4.15. The fourth-order valence-corrected chi connectivity index (χ4v) is 2.94. The summed E-state index contributed by atoms with van der Waals surface area (Å²) in [6.07, 6.45) is 0.830. The first-order chi connectivity index (χ1) is 12.7. The van der Waals surface area contributed by atoms with Gasteiger partial charge in [0.1, 0.15) is 0 Å². The van der Waals surface area contributed by atoms with Gasteiger partial charge in [0.2, 0.25) is 0 Å². The molecule has 2 aromatic rings. The van der Waals surface area contributed by atoms with E-state index in [4.69, 9.17) is 31.5 Å². The van der Waals surface area contributed by atoms with Gasteiger partial charge in [-0.25, -0.2) is 4.99 Å². The van der Waals surface area contributed by atoms with Gasteiger partial charge >= 0.3 is 0 Å². The number of benzene rings is 2. The third-order valence-electron chi connectivity index (χ3n) is 3.87. The van der Waals surface area contributed by atoms with Gasteiger partial charge in [-0.15, -0.1) is 0 Å². The smallest absolute Gasteiger partial charge is 0.193 e. The number of nitrogens with one attached hydrogen (secondary N) is 1. The van der Waals surface area contributed by atoms with Crippen LogP contribution in [0.5, 0.6) is 11.5 Å². The van der Waals surface area contributed by atoms with Crippen molar-refractivity contribution in [2.45, 2.75) is 19.6 Å². The molecular weight excluding hydrogens is 354 g/mol. The fraction of sp³-hybridized carbons (Fsp3) is 0.316. The summed E-state index contributed by atoms with van der Waals surface area (Å²) < 4.78 is 16.5. The molecule has 0 aliphatic carbocycles. The number of guanidine groups is 1. The lowest BCUT2D eigenvalue weighted by Crippen LogP contribution is -2.23. The van der Waals surface area contributed by atoms with Gasteiger partial charge in [-0.2, -0.15) is 0 Å². The highest BCUT2D eigenvalue weighted by molar-refractivity contribution is 6.32. The quantitative estimate of drug-likeness (QED) is 0.617. The normalized spacial score (nSPS) is 14.0. The number of nitrogens with zero attached hydrogens (tertiary/aromatic N) is 1. The van der Waals surface area contributed by atoms with Crippen LogP contribution in [0.2, 0.25) is 5.02 Å². The molecule has 1 heterocycles. The number of ether oxygens (including phenoxy) is 3. The average Bonchev–Trinajstić information content (AvgIpc) is 2.88. The molecule has 138 valence electrons. The molecular formula is C19H22ClN3O3. The SMILES string of the molecule is COCc1ccccc1NC(N)=NCc1cc(Cl)c2c(c1)OCCCO2. The summed E-state index contributed by atoms with van der Waals surface area (Å²) in [6.45, 7) is 2.08. The van der Waals surface area contributed by atoms with Crippen molar-refractivity contribution in [3.8, 4) is 11.5 Å². The molecule has 3 N–H and O–H groups in total. The number of aliphatic imine (C=N–C) groups is 1. The van der Waals surface area contributed by atoms with Gasteiger partial charge in [-0.3, -0.25) is 0 Å². The summed E-state index contributed by atoms with van der Waals surface area (Å²) in [5, 5.41) is 3.63. The molecule has 6 nitrogen and oxygen atoms in total. The molecule has 0 atom stereocenters. The molecule has 26 heavy (non-hydrogen) atoms. The van der Waals surface area contributed by atoms with Crippen LogP contribution in [0, 0.1) is 0 Å². The number of hydrogen-bond acceptors (Lipinski definition) is 4. The molecule has 0 aromatic heterocycles. The molecule has 2 aromatic carbocycles. The predicted molar refractivity (Wildman–Crippen MR) is 103 cm³/mol. The minimum Gasteiger partial charge on any atom is -0.489 e. The largest absolute Gasteiger partial charge is 0.489 e. The summed E-state index contributed by atoms with van der Waals surface area (Å²) in [6, 6.07) is 11.5. The average molecular weight is 376 g/mol. The highest BCUT2D eigenvalue weighted by atomic mass is 35.5. The number of hydrogen-bond donors (Lipinski definition) is 2. The van der Waals surface area contributed by atoms with Crippen LogP contribution in [0.4, 0.5) is 5.69 Å². The summed E-state index contributed by atoms with van der Waals surface area (Å²) in [7, 11) is 1.65. The zero-order valence-electron chi connectivity index (χ0n) is 14.6. The molecule has 0 saturated carbocycles. The number of nitrogens with two attached hydrogens (primary N) is 1. The van der Waals surface area contributed by atoms with Crippen LogP contribution < -0.4 is 20.5 Å². The van der Waals surface area contributed by atoms with Crippen LogP contribution in [-0.2, 0) is 17.9 Å². The monoisotopic (exact) mass is 375 g/mol. The maximum absolute atomic E-state index is 6.31. The first kappa shape index (κ1) is 18.4. The molecule has 1 aliphatic rings. The second kappa shape index (κ2) is 8.78. The Balaban J connectivity index is 1.71. The Morgan fingerprint density at radius 1 is 1.27 bits per heavy atom. The number of rotatable bonds is 5.